The van der Waals surface area contributed by atoms with E-state index in [-0.39, 0.29) is 12.2 Å². The number of hydrogen-bond acceptors (Lipinski definition) is 3. The number of carbonyl (C=O) groups excluding carboxylic acids is 2. The summed E-state index contributed by atoms with van der Waals surface area (Å²) in [5.41, 5.74) is 0.0435. The second kappa shape index (κ2) is 5.71. The van der Waals surface area contributed by atoms with E-state index in [1.807, 2.05) is 20.8 Å². The number of nitrogens with one attached hydrogen (secondary N) is 1. The number of carbonyl (C=O) groups is 2. The summed E-state index contributed by atoms with van der Waals surface area (Å²) in [6, 6.07) is 3.49. The Bertz CT molecular complexity index is 404. The van der Waals surface area contributed by atoms with Gasteiger partial charge in [-0.1, -0.05) is 0 Å². The molecule has 1 N–H and O–H groups in total. The topological polar surface area (TPSA) is 62.4 Å². The summed E-state index contributed by atoms with van der Waals surface area (Å²) in [4.78, 5) is 27.6. The van der Waals surface area contributed by atoms with Crippen molar-refractivity contribution >= 4 is 11.9 Å². The second-order valence-electron chi connectivity index (χ2n) is 5.16. The molecule has 0 spiro atoms. The maximum Gasteiger partial charge on any atom is 0.410 e. The van der Waals surface area contributed by atoms with Crippen molar-refractivity contribution in [1.82, 2.24) is 9.88 Å². The van der Waals surface area contributed by atoms with Gasteiger partial charge >= 0.3 is 6.09 Å². The average Bonchev–Trinajstić information content (AvgIpc) is 2.76. The maximum atomic E-state index is 11.7. The summed E-state index contributed by atoms with van der Waals surface area (Å²) in [6.07, 6.45) is 1.56. The van der Waals surface area contributed by atoms with Gasteiger partial charge in [-0.3, -0.25) is 4.79 Å². The van der Waals surface area contributed by atoms with Gasteiger partial charge in [-0.2, -0.15) is 0 Å². The first-order valence-electron chi connectivity index (χ1n) is 5.90. The number of amides is 1. The molecule has 1 amide bonds. The van der Waals surface area contributed by atoms with Gasteiger partial charge in [-0.05, 0) is 32.9 Å². The van der Waals surface area contributed by atoms with Gasteiger partial charge in [-0.15, -0.1) is 0 Å². The lowest BCUT2D eigenvalue weighted by atomic mass is 10.2. The molecular formula is C13H20N2O3. The summed E-state index contributed by atoms with van der Waals surface area (Å²) in [7, 11) is 1.62. The first-order valence-corrected chi connectivity index (χ1v) is 5.90. The molecule has 1 aromatic rings. The minimum atomic E-state index is -0.519. The van der Waals surface area contributed by atoms with E-state index in [0.717, 1.165) is 0 Å². The zero-order valence-electron chi connectivity index (χ0n) is 11.3. The molecule has 0 atom stereocenters. The fraction of sp³-hybridized carbons (Fsp3) is 0.538. The fourth-order valence-electron chi connectivity index (χ4n) is 1.34. The lowest BCUT2D eigenvalue weighted by Gasteiger charge is -2.24. The Balaban J connectivity index is 2.39. The highest BCUT2D eigenvalue weighted by atomic mass is 16.6. The van der Waals surface area contributed by atoms with Crippen molar-refractivity contribution in [2.75, 3.05) is 13.6 Å². The Morgan fingerprint density at radius 3 is 2.56 bits per heavy atom. The van der Waals surface area contributed by atoms with E-state index in [1.165, 1.54) is 4.90 Å². The van der Waals surface area contributed by atoms with E-state index in [4.69, 9.17) is 4.74 Å². The molecule has 0 radical (unpaired) electrons. The van der Waals surface area contributed by atoms with Gasteiger partial charge in [0.05, 0.1) is 5.69 Å². The summed E-state index contributed by atoms with van der Waals surface area (Å²) < 4.78 is 5.19. The largest absolute Gasteiger partial charge is 0.444 e. The van der Waals surface area contributed by atoms with E-state index in [1.54, 1.807) is 25.4 Å². The molecule has 0 aliphatic heterocycles. The molecule has 1 aromatic heterocycles. The van der Waals surface area contributed by atoms with Gasteiger partial charge in [0.2, 0.25) is 0 Å². The molecule has 5 heteroatoms. The van der Waals surface area contributed by atoms with Gasteiger partial charge in [-0.25, -0.2) is 4.79 Å². The lowest BCUT2D eigenvalue weighted by Crippen LogP contribution is -2.35. The summed E-state index contributed by atoms with van der Waals surface area (Å²) in [6.45, 7) is 5.77. The first kappa shape index (κ1) is 14.3. The predicted octanol–water partition coefficient (Wildman–Crippen LogP) is 2.45. The number of rotatable bonds is 4. The third kappa shape index (κ3) is 4.61. The highest BCUT2D eigenvalue weighted by Crippen LogP contribution is 2.09. The van der Waals surface area contributed by atoms with E-state index < -0.39 is 11.7 Å². The van der Waals surface area contributed by atoms with Crippen LogP contribution in [0.15, 0.2) is 18.3 Å². The van der Waals surface area contributed by atoms with Crippen molar-refractivity contribution in [2.45, 2.75) is 32.8 Å². The molecule has 0 fully saturated rings. The summed E-state index contributed by atoms with van der Waals surface area (Å²) in [5.74, 6) is -0.0181. The van der Waals surface area contributed by atoms with Gasteiger partial charge in [0.25, 0.3) is 0 Å². The molecule has 1 rings (SSSR count). The number of hydrogen-bond donors (Lipinski definition) is 1. The van der Waals surface area contributed by atoms with Crippen LogP contribution in [-0.4, -0.2) is 41.0 Å². The van der Waals surface area contributed by atoms with Crippen LogP contribution in [0.5, 0.6) is 0 Å². The van der Waals surface area contributed by atoms with Gasteiger partial charge in [0, 0.05) is 26.2 Å². The zero-order chi connectivity index (χ0) is 13.8. The normalized spacial score (nSPS) is 11.1. The highest BCUT2D eigenvalue weighted by Gasteiger charge is 2.20. The number of Topliss-reactive ketones (excluding diaryl/α,β-unsaturated/α-hetero) is 1. The number of H-pyrrole nitrogens is 1. The number of ketones is 1. The van der Waals surface area contributed by atoms with Crippen molar-refractivity contribution in [3.05, 3.63) is 24.0 Å². The Hall–Kier alpha value is -1.78. The van der Waals surface area contributed by atoms with Crippen LogP contribution in [0.4, 0.5) is 4.79 Å². The number of ether oxygens (including phenoxy) is 1. The molecular weight excluding hydrogens is 232 g/mol. The van der Waals surface area contributed by atoms with E-state index in [0.29, 0.717) is 12.2 Å². The van der Waals surface area contributed by atoms with Crippen LogP contribution in [0.1, 0.15) is 37.7 Å². The lowest BCUT2D eigenvalue weighted by molar-refractivity contribution is 0.0298. The van der Waals surface area contributed by atoms with Crippen molar-refractivity contribution in [3.63, 3.8) is 0 Å². The SMILES string of the molecule is CN(CCC(=O)c1ccc[nH]1)C(=O)OC(C)(C)C. The second-order valence-corrected chi connectivity index (χ2v) is 5.16. The van der Waals surface area contributed by atoms with Crippen LogP contribution < -0.4 is 0 Å². The van der Waals surface area contributed by atoms with Crippen LogP contribution in [0.2, 0.25) is 0 Å². The maximum absolute atomic E-state index is 11.7. The zero-order valence-corrected chi connectivity index (χ0v) is 11.3. The van der Waals surface area contributed by atoms with E-state index >= 15 is 0 Å². The fourth-order valence-corrected chi connectivity index (χ4v) is 1.34. The standard InChI is InChI=1S/C13H20N2O3/c1-13(2,3)18-12(17)15(4)9-7-11(16)10-6-5-8-14-10/h5-6,8,14H,7,9H2,1-4H3. The summed E-state index contributed by atoms with van der Waals surface area (Å²) in [5, 5.41) is 0. The van der Waals surface area contributed by atoms with Crippen LogP contribution >= 0.6 is 0 Å². The molecule has 0 aliphatic rings. The van der Waals surface area contributed by atoms with Gasteiger partial charge in [0.15, 0.2) is 5.78 Å². The predicted molar refractivity (Wildman–Crippen MR) is 68.6 cm³/mol. The Labute approximate surface area is 107 Å². The van der Waals surface area contributed by atoms with Gasteiger partial charge in [0.1, 0.15) is 5.60 Å². The molecule has 18 heavy (non-hydrogen) atoms. The van der Waals surface area contributed by atoms with Crippen molar-refractivity contribution < 1.29 is 14.3 Å². The minimum Gasteiger partial charge on any atom is -0.444 e. The number of nitrogens with zero attached hydrogens (tertiary/aromatic N) is 1. The number of aromatic amines is 1. The molecule has 0 aliphatic carbocycles. The Morgan fingerprint density at radius 1 is 1.39 bits per heavy atom. The molecule has 0 aromatic carbocycles. The third-order valence-corrected chi connectivity index (χ3v) is 2.28. The molecule has 0 unspecified atom stereocenters. The Kier molecular flexibility index (Phi) is 4.53. The monoisotopic (exact) mass is 252 g/mol. The molecule has 0 saturated heterocycles. The van der Waals surface area contributed by atoms with Crippen LogP contribution in [-0.2, 0) is 4.74 Å². The van der Waals surface area contributed by atoms with E-state index in [2.05, 4.69) is 4.98 Å². The van der Waals surface area contributed by atoms with Gasteiger partial charge < -0.3 is 14.6 Å². The molecule has 5 nitrogen and oxygen atoms in total. The van der Waals surface area contributed by atoms with Crippen molar-refractivity contribution in [3.8, 4) is 0 Å². The number of aromatic nitrogens is 1. The third-order valence-electron chi connectivity index (χ3n) is 2.28. The Morgan fingerprint density at radius 2 is 2.06 bits per heavy atom. The molecule has 0 saturated carbocycles. The highest BCUT2D eigenvalue weighted by molar-refractivity contribution is 5.94. The van der Waals surface area contributed by atoms with Crippen LogP contribution in [0.25, 0.3) is 0 Å². The molecule has 100 valence electrons. The van der Waals surface area contributed by atoms with E-state index in [9.17, 15) is 9.59 Å². The van der Waals surface area contributed by atoms with Crippen molar-refractivity contribution in [2.24, 2.45) is 0 Å². The van der Waals surface area contributed by atoms with Crippen LogP contribution in [0, 0.1) is 0 Å². The summed E-state index contributed by atoms with van der Waals surface area (Å²) >= 11 is 0. The van der Waals surface area contributed by atoms with Crippen LogP contribution in [0.3, 0.4) is 0 Å². The van der Waals surface area contributed by atoms with Crippen molar-refractivity contribution in [1.29, 1.82) is 0 Å². The first-order chi connectivity index (χ1) is 8.29. The quantitative estimate of drug-likeness (QED) is 0.837. The molecule has 1 heterocycles. The smallest absolute Gasteiger partial charge is 0.410 e. The minimum absolute atomic E-state index is 0.0181. The average molecular weight is 252 g/mol. The molecule has 0 bridgehead atoms.